The zero-order valence-electron chi connectivity index (χ0n) is 11.7. The van der Waals surface area contributed by atoms with E-state index in [1.807, 2.05) is 12.2 Å². The summed E-state index contributed by atoms with van der Waals surface area (Å²) < 4.78 is 0. The normalized spacial score (nSPS) is 9.95. The van der Waals surface area contributed by atoms with Gasteiger partial charge in [-0.2, -0.15) is 0 Å². The van der Waals surface area contributed by atoms with E-state index in [1.54, 1.807) is 0 Å². The van der Waals surface area contributed by atoms with E-state index < -0.39 is 0 Å². The Hall–Kier alpha value is -2.08. The number of hydrogen-bond acceptors (Lipinski definition) is 0. The van der Waals surface area contributed by atoms with Crippen molar-refractivity contribution in [3.05, 3.63) is 72.3 Å². The van der Waals surface area contributed by atoms with Crippen molar-refractivity contribution in [2.24, 2.45) is 0 Å². The van der Waals surface area contributed by atoms with E-state index in [4.69, 9.17) is 0 Å². The molecule has 2 aromatic carbocycles. The molecule has 0 aliphatic rings. The Morgan fingerprint density at radius 1 is 0.900 bits per heavy atom. The summed E-state index contributed by atoms with van der Waals surface area (Å²) >= 11 is 0. The summed E-state index contributed by atoms with van der Waals surface area (Å²) in [6.45, 7) is 12.2. The molecule has 0 saturated heterocycles. The second-order valence-corrected chi connectivity index (χ2v) is 4.99. The zero-order valence-corrected chi connectivity index (χ0v) is 11.7. The zero-order chi connectivity index (χ0) is 13.8. The maximum absolute atomic E-state index is 3.92. The minimum Gasteiger partial charge on any atom is -0.0984 e. The van der Waals surface area contributed by atoms with Crippen LogP contribution in [0.3, 0.4) is 0 Å². The van der Waals surface area contributed by atoms with Crippen LogP contribution in [0.2, 0.25) is 0 Å². The van der Waals surface area contributed by atoms with Crippen LogP contribution in [-0.4, -0.2) is 0 Å². The molecule has 0 aliphatic heterocycles. The lowest BCUT2D eigenvalue weighted by Crippen LogP contribution is -1.89. The van der Waals surface area contributed by atoms with Crippen LogP contribution in [0.5, 0.6) is 0 Å². The maximum Gasteiger partial charge on any atom is -0.0106 e. The van der Waals surface area contributed by atoms with E-state index in [0.29, 0.717) is 5.92 Å². The molecule has 0 radical (unpaired) electrons. The summed E-state index contributed by atoms with van der Waals surface area (Å²) in [4.78, 5) is 0. The summed E-state index contributed by atoms with van der Waals surface area (Å²) in [5, 5.41) is 0. The van der Waals surface area contributed by atoms with Crippen LogP contribution < -0.4 is 0 Å². The molecule has 104 valence electrons. The van der Waals surface area contributed by atoms with Crippen molar-refractivity contribution in [1.82, 2.24) is 0 Å². The van der Waals surface area contributed by atoms with Gasteiger partial charge in [0.25, 0.3) is 0 Å². The molecular formula is C20H24. The summed E-state index contributed by atoms with van der Waals surface area (Å²) in [6, 6.07) is 15.0. The largest absolute Gasteiger partial charge is 0.0984 e. The fourth-order valence-electron chi connectivity index (χ4n) is 2.29. The van der Waals surface area contributed by atoms with Gasteiger partial charge in [-0.25, -0.2) is 0 Å². The van der Waals surface area contributed by atoms with E-state index in [-0.39, 0.29) is 7.43 Å². The monoisotopic (exact) mass is 264 g/mol. The summed E-state index contributed by atoms with van der Waals surface area (Å²) in [5.74, 6) is 0.562. The predicted octanol–water partition coefficient (Wildman–Crippen LogP) is 6.40. The Bertz CT molecular complexity index is 586. The molecule has 2 aromatic rings. The molecule has 0 unspecified atom stereocenters. The Kier molecular flexibility index (Phi) is 5.52. The highest BCUT2D eigenvalue weighted by Crippen LogP contribution is 2.29. The molecular weight excluding hydrogens is 240 g/mol. The molecule has 0 bridgehead atoms. The smallest absolute Gasteiger partial charge is 0.0106 e. The van der Waals surface area contributed by atoms with E-state index in [0.717, 1.165) is 11.1 Å². The van der Waals surface area contributed by atoms with Crippen molar-refractivity contribution in [3.63, 3.8) is 0 Å². The van der Waals surface area contributed by atoms with E-state index in [1.165, 1.54) is 16.7 Å². The van der Waals surface area contributed by atoms with E-state index in [9.17, 15) is 0 Å². The van der Waals surface area contributed by atoms with Crippen molar-refractivity contribution in [3.8, 4) is 11.1 Å². The molecule has 0 aliphatic carbocycles. The van der Waals surface area contributed by atoms with Crippen LogP contribution in [0, 0.1) is 0 Å². The average molecular weight is 264 g/mol. The first-order valence-corrected chi connectivity index (χ1v) is 6.65. The minimum absolute atomic E-state index is 0. The first-order chi connectivity index (χ1) is 9.17. The molecule has 2 rings (SSSR count). The van der Waals surface area contributed by atoms with Gasteiger partial charge in [-0.3, -0.25) is 0 Å². The molecule has 0 amide bonds. The van der Waals surface area contributed by atoms with Crippen LogP contribution in [0.1, 0.15) is 43.9 Å². The van der Waals surface area contributed by atoms with E-state index in [2.05, 4.69) is 69.5 Å². The summed E-state index contributed by atoms with van der Waals surface area (Å²) in [7, 11) is 0. The summed E-state index contributed by atoms with van der Waals surface area (Å²) in [5.41, 5.74) is 6.07. The Labute approximate surface area is 123 Å². The van der Waals surface area contributed by atoms with Crippen LogP contribution in [0.25, 0.3) is 23.3 Å². The predicted molar refractivity (Wildman–Crippen MR) is 92.9 cm³/mol. The third-order valence-electron chi connectivity index (χ3n) is 3.45. The van der Waals surface area contributed by atoms with Gasteiger partial charge in [0.1, 0.15) is 0 Å². The Morgan fingerprint density at radius 3 is 2.05 bits per heavy atom. The SMILES string of the molecule is C.C=Cc1cccc(-c2ccc(C(C)C)cc2)c1C=C. The van der Waals surface area contributed by atoms with Gasteiger partial charge in [-0.15, -0.1) is 0 Å². The molecule has 0 atom stereocenters. The van der Waals surface area contributed by atoms with Gasteiger partial charge in [0.2, 0.25) is 0 Å². The summed E-state index contributed by atoms with van der Waals surface area (Å²) in [6.07, 6.45) is 3.78. The highest BCUT2D eigenvalue weighted by atomic mass is 14.1. The molecule has 0 heterocycles. The Morgan fingerprint density at radius 2 is 1.55 bits per heavy atom. The van der Waals surface area contributed by atoms with Crippen LogP contribution in [0.4, 0.5) is 0 Å². The molecule has 0 N–H and O–H groups in total. The standard InChI is InChI=1S/C19H20.CH4/c1-5-15-8-7-9-19(18(15)6-2)17-12-10-16(11-13-17)14(3)4;/h5-14H,1-2H2,3-4H3;1H4. The van der Waals surface area contributed by atoms with Crippen molar-refractivity contribution >= 4 is 12.2 Å². The lowest BCUT2D eigenvalue weighted by atomic mass is 9.93. The number of benzene rings is 2. The molecule has 0 saturated carbocycles. The van der Waals surface area contributed by atoms with Crippen molar-refractivity contribution in [2.45, 2.75) is 27.2 Å². The van der Waals surface area contributed by atoms with Crippen LogP contribution in [-0.2, 0) is 0 Å². The van der Waals surface area contributed by atoms with Gasteiger partial charge in [0.15, 0.2) is 0 Å². The van der Waals surface area contributed by atoms with Crippen LogP contribution >= 0.6 is 0 Å². The van der Waals surface area contributed by atoms with Crippen molar-refractivity contribution in [1.29, 1.82) is 0 Å². The third kappa shape index (κ3) is 3.08. The molecule has 0 nitrogen and oxygen atoms in total. The van der Waals surface area contributed by atoms with Gasteiger partial charge < -0.3 is 0 Å². The average Bonchev–Trinajstić information content (AvgIpc) is 2.46. The molecule has 20 heavy (non-hydrogen) atoms. The second kappa shape index (κ2) is 6.91. The van der Waals surface area contributed by atoms with Gasteiger partial charge >= 0.3 is 0 Å². The first-order valence-electron chi connectivity index (χ1n) is 6.65. The molecule has 0 heteroatoms. The highest BCUT2D eigenvalue weighted by molar-refractivity contribution is 5.80. The maximum atomic E-state index is 3.92. The Balaban J connectivity index is 0.00000200. The molecule has 0 fully saturated rings. The van der Waals surface area contributed by atoms with Crippen LogP contribution in [0.15, 0.2) is 55.6 Å². The topological polar surface area (TPSA) is 0 Å². The number of rotatable bonds is 4. The van der Waals surface area contributed by atoms with Gasteiger partial charge in [0.05, 0.1) is 0 Å². The fraction of sp³-hybridized carbons (Fsp3) is 0.200. The lowest BCUT2D eigenvalue weighted by Gasteiger charge is -2.11. The third-order valence-corrected chi connectivity index (χ3v) is 3.45. The fourth-order valence-corrected chi connectivity index (χ4v) is 2.29. The molecule has 0 spiro atoms. The second-order valence-electron chi connectivity index (χ2n) is 4.99. The number of hydrogen-bond donors (Lipinski definition) is 0. The minimum atomic E-state index is 0. The van der Waals surface area contributed by atoms with Gasteiger partial charge in [-0.1, -0.05) is 89.0 Å². The van der Waals surface area contributed by atoms with Crippen molar-refractivity contribution in [2.75, 3.05) is 0 Å². The lowest BCUT2D eigenvalue weighted by molar-refractivity contribution is 0.867. The van der Waals surface area contributed by atoms with E-state index >= 15 is 0 Å². The van der Waals surface area contributed by atoms with Crippen molar-refractivity contribution < 1.29 is 0 Å². The first kappa shape index (κ1) is 16.0. The van der Waals surface area contributed by atoms with Gasteiger partial charge in [0, 0.05) is 0 Å². The molecule has 0 aromatic heterocycles. The highest BCUT2D eigenvalue weighted by Gasteiger charge is 2.06. The quantitative estimate of drug-likeness (QED) is 0.599. The van der Waals surface area contributed by atoms with Gasteiger partial charge in [-0.05, 0) is 33.7 Å².